The van der Waals surface area contributed by atoms with Crippen molar-refractivity contribution in [2.24, 2.45) is 0 Å². The predicted molar refractivity (Wildman–Crippen MR) is 81.9 cm³/mol. The van der Waals surface area contributed by atoms with Crippen molar-refractivity contribution in [3.63, 3.8) is 0 Å². The molecule has 0 aliphatic heterocycles. The van der Waals surface area contributed by atoms with Crippen molar-refractivity contribution in [2.45, 2.75) is 13.8 Å². The highest BCUT2D eigenvalue weighted by atomic mass is 35.5. The topological polar surface area (TPSA) is 63.6 Å². The standard InChI is InChI=1S/C15H13ClN4O/c1-9-7-10(2)18-15(17-9)20-14(21)8-13(19-20)11-5-3-4-6-12(11)16/h3-8,19H,1-2H3. The molecule has 5 nitrogen and oxygen atoms in total. The second kappa shape index (κ2) is 5.18. The summed E-state index contributed by atoms with van der Waals surface area (Å²) >= 11 is 6.15. The molecule has 0 radical (unpaired) electrons. The minimum absolute atomic E-state index is 0.227. The van der Waals surface area contributed by atoms with Crippen LogP contribution in [0.4, 0.5) is 0 Å². The van der Waals surface area contributed by atoms with E-state index >= 15 is 0 Å². The summed E-state index contributed by atoms with van der Waals surface area (Å²) in [6.45, 7) is 3.72. The molecule has 1 N–H and O–H groups in total. The molecule has 0 amide bonds. The van der Waals surface area contributed by atoms with Crippen LogP contribution in [0.1, 0.15) is 11.4 Å². The SMILES string of the molecule is Cc1cc(C)nc(-n2[nH]c(-c3ccccc3Cl)cc2=O)n1. The van der Waals surface area contributed by atoms with Crippen molar-refractivity contribution >= 4 is 11.6 Å². The van der Waals surface area contributed by atoms with Gasteiger partial charge in [0.05, 0.1) is 5.69 Å². The fraction of sp³-hybridized carbons (Fsp3) is 0.133. The summed E-state index contributed by atoms with van der Waals surface area (Å²) in [5.41, 5.74) is 2.78. The van der Waals surface area contributed by atoms with Crippen molar-refractivity contribution < 1.29 is 0 Å². The van der Waals surface area contributed by atoms with Gasteiger partial charge in [-0.15, -0.1) is 0 Å². The normalized spacial score (nSPS) is 10.8. The molecule has 0 unspecified atom stereocenters. The molecule has 3 rings (SSSR count). The maximum Gasteiger partial charge on any atom is 0.274 e. The second-order valence-corrected chi connectivity index (χ2v) is 5.18. The maximum atomic E-state index is 12.2. The van der Waals surface area contributed by atoms with E-state index in [2.05, 4.69) is 15.1 Å². The van der Waals surface area contributed by atoms with Crippen molar-refractivity contribution in [3.8, 4) is 17.2 Å². The van der Waals surface area contributed by atoms with Gasteiger partial charge in [-0.05, 0) is 26.0 Å². The van der Waals surface area contributed by atoms with E-state index < -0.39 is 0 Å². The molecule has 0 bridgehead atoms. The number of hydrogen-bond acceptors (Lipinski definition) is 3. The minimum Gasteiger partial charge on any atom is -0.288 e. The first-order chi connectivity index (χ1) is 10.0. The van der Waals surface area contributed by atoms with Gasteiger partial charge in [-0.25, -0.2) is 9.97 Å². The predicted octanol–water partition coefficient (Wildman–Crippen LogP) is 2.89. The van der Waals surface area contributed by atoms with Crippen LogP contribution >= 0.6 is 11.6 Å². The number of hydrogen-bond donors (Lipinski definition) is 1. The Bertz CT molecular complexity index is 846. The Labute approximate surface area is 126 Å². The van der Waals surface area contributed by atoms with Gasteiger partial charge in [0.2, 0.25) is 0 Å². The summed E-state index contributed by atoms with van der Waals surface area (Å²) in [4.78, 5) is 20.7. The molecule has 106 valence electrons. The van der Waals surface area contributed by atoms with Gasteiger partial charge in [0.25, 0.3) is 11.5 Å². The van der Waals surface area contributed by atoms with Crippen molar-refractivity contribution in [2.75, 3.05) is 0 Å². The molecule has 1 aromatic carbocycles. The molecule has 0 fully saturated rings. The molecular formula is C15H13ClN4O. The molecule has 0 saturated heterocycles. The molecule has 0 aliphatic carbocycles. The number of aromatic nitrogens is 4. The zero-order valence-electron chi connectivity index (χ0n) is 11.6. The van der Waals surface area contributed by atoms with Crippen LogP contribution in [-0.2, 0) is 0 Å². The summed E-state index contributed by atoms with van der Waals surface area (Å²) < 4.78 is 1.32. The highest BCUT2D eigenvalue weighted by molar-refractivity contribution is 6.33. The number of halogens is 1. The average molecular weight is 301 g/mol. The molecular weight excluding hydrogens is 288 g/mol. The zero-order valence-corrected chi connectivity index (χ0v) is 12.3. The number of nitrogens with one attached hydrogen (secondary N) is 1. The van der Waals surface area contributed by atoms with Gasteiger partial charge >= 0.3 is 0 Å². The van der Waals surface area contributed by atoms with E-state index in [1.165, 1.54) is 10.7 Å². The van der Waals surface area contributed by atoms with Crippen LogP contribution in [0.5, 0.6) is 0 Å². The lowest BCUT2D eigenvalue weighted by Crippen LogP contribution is -2.17. The second-order valence-electron chi connectivity index (χ2n) is 4.77. The largest absolute Gasteiger partial charge is 0.288 e. The number of aryl methyl sites for hydroxylation is 2. The third kappa shape index (κ3) is 2.60. The number of rotatable bonds is 2. The highest BCUT2D eigenvalue weighted by Gasteiger charge is 2.11. The van der Waals surface area contributed by atoms with Crippen LogP contribution in [0.3, 0.4) is 0 Å². The van der Waals surface area contributed by atoms with Gasteiger partial charge in [-0.1, -0.05) is 29.8 Å². The van der Waals surface area contributed by atoms with Crippen molar-refractivity contribution in [3.05, 3.63) is 63.2 Å². The van der Waals surface area contributed by atoms with Gasteiger partial charge < -0.3 is 0 Å². The molecule has 21 heavy (non-hydrogen) atoms. The van der Waals surface area contributed by atoms with Gasteiger partial charge in [-0.3, -0.25) is 9.89 Å². The molecule has 2 heterocycles. The Kier molecular flexibility index (Phi) is 3.35. The van der Waals surface area contributed by atoms with E-state index in [-0.39, 0.29) is 5.56 Å². The fourth-order valence-electron chi connectivity index (χ4n) is 2.17. The van der Waals surface area contributed by atoms with E-state index in [9.17, 15) is 4.79 Å². The van der Waals surface area contributed by atoms with E-state index in [0.29, 0.717) is 16.7 Å². The molecule has 0 spiro atoms. The molecule has 2 aromatic heterocycles. The lowest BCUT2D eigenvalue weighted by Gasteiger charge is -2.04. The molecule has 3 aromatic rings. The average Bonchev–Trinajstić information content (AvgIpc) is 2.80. The molecule has 0 atom stereocenters. The summed E-state index contributed by atoms with van der Waals surface area (Å²) in [5.74, 6) is 0.329. The number of H-pyrrole nitrogens is 1. The summed E-state index contributed by atoms with van der Waals surface area (Å²) in [5, 5.41) is 3.58. The van der Waals surface area contributed by atoms with Crippen LogP contribution in [-0.4, -0.2) is 19.7 Å². The number of benzene rings is 1. The summed E-state index contributed by atoms with van der Waals surface area (Å²) in [7, 11) is 0. The Balaban J connectivity index is 2.15. The Morgan fingerprint density at radius 2 is 1.76 bits per heavy atom. The van der Waals surface area contributed by atoms with Crippen LogP contribution < -0.4 is 5.56 Å². The monoisotopic (exact) mass is 300 g/mol. The summed E-state index contributed by atoms with van der Waals surface area (Å²) in [6, 6.07) is 10.7. The highest BCUT2D eigenvalue weighted by Crippen LogP contribution is 2.25. The molecule has 6 heteroatoms. The quantitative estimate of drug-likeness (QED) is 0.791. The third-order valence-electron chi connectivity index (χ3n) is 3.05. The Morgan fingerprint density at radius 1 is 1.10 bits per heavy atom. The lowest BCUT2D eigenvalue weighted by atomic mass is 10.1. The smallest absolute Gasteiger partial charge is 0.274 e. The Morgan fingerprint density at radius 3 is 2.43 bits per heavy atom. The van der Waals surface area contributed by atoms with Gasteiger partial charge in [-0.2, -0.15) is 4.68 Å². The van der Waals surface area contributed by atoms with Crippen LogP contribution in [0.25, 0.3) is 17.2 Å². The Hall–Kier alpha value is -2.40. The number of aromatic amines is 1. The van der Waals surface area contributed by atoms with E-state index in [0.717, 1.165) is 17.0 Å². The van der Waals surface area contributed by atoms with E-state index in [1.54, 1.807) is 6.07 Å². The minimum atomic E-state index is -0.227. The van der Waals surface area contributed by atoms with Crippen LogP contribution in [0, 0.1) is 13.8 Å². The zero-order chi connectivity index (χ0) is 15.0. The van der Waals surface area contributed by atoms with Gasteiger partial charge in [0.1, 0.15) is 0 Å². The maximum absolute atomic E-state index is 12.2. The lowest BCUT2D eigenvalue weighted by molar-refractivity contribution is 0.773. The molecule has 0 aliphatic rings. The van der Waals surface area contributed by atoms with Crippen molar-refractivity contribution in [1.29, 1.82) is 0 Å². The van der Waals surface area contributed by atoms with E-state index in [1.807, 2.05) is 38.1 Å². The number of nitrogens with zero attached hydrogens (tertiary/aromatic N) is 3. The first-order valence-corrected chi connectivity index (χ1v) is 6.82. The molecule has 0 saturated carbocycles. The van der Waals surface area contributed by atoms with E-state index in [4.69, 9.17) is 11.6 Å². The summed E-state index contributed by atoms with van der Waals surface area (Å²) in [6.07, 6.45) is 0. The first-order valence-electron chi connectivity index (χ1n) is 6.44. The van der Waals surface area contributed by atoms with Crippen LogP contribution in [0.2, 0.25) is 5.02 Å². The van der Waals surface area contributed by atoms with Gasteiger partial charge in [0.15, 0.2) is 0 Å². The van der Waals surface area contributed by atoms with Crippen LogP contribution in [0.15, 0.2) is 41.2 Å². The first kappa shape index (κ1) is 13.6. The third-order valence-corrected chi connectivity index (χ3v) is 3.38. The fourth-order valence-corrected chi connectivity index (χ4v) is 2.41. The van der Waals surface area contributed by atoms with Gasteiger partial charge in [0, 0.05) is 28.0 Å². The van der Waals surface area contributed by atoms with Crippen molar-refractivity contribution in [1.82, 2.24) is 19.7 Å².